The van der Waals surface area contributed by atoms with Crippen molar-refractivity contribution < 1.29 is 14.4 Å². The van der Waals surface area contributed by atoms with E-state index < -0.39 is 0 Å². The van der Waals surface area contributed by atoms with Gasteiger partial charge in [0.2, 0.25) is 5.91 Å². The first-order valence-corrected chi connectivity index (χ1v) is 10.4. The highest BCUT2D eigenvalue weighted by Crippen LogP contribution is 2.35. The van der Waals surface area contributed by atoms with Gasteiger partial charge >= 0.3 is 0 Å². The number of hydrogen-bond acceptors (Lipinski definition) is 3. The molecule has 27 heavy (non-hydrogen) atoms. The molecule has 5 heteroatoms. The lowest BCUT2D eigenvalue weighted by atomic mass is 9.78. The molecule has 2 heterocycles. The van der Waals surface area contributed by atoms with E-state index in [2.05, 4.69) is 4.90 Å². The van der Waals surface area contributed by atoms with E-state index in [1.807, 2.05) is 0 Å². The molecule has 1 aromatic rings. The lowest BCUT2D eigenvalue weighted by Crippen LogP contribution is -2.49. The van der Waals surface area contributed by atoms with Crippen molar-refractivity contribution in [3.05, 3.63) is 35.4 Å². The first-order valence-electron chi connectivity index (χ1n) is 10.4. The average Bonchev–Trinajstić information content (AvgIpc) is 2.95. The van der Waals surface area contributed by atoms with Crippen molar-refractivity contribution in [3.63, 3.8) is 0 Å². The van der Waals surface area contributed by atoms with Gasteiger partial charge in [0.15, 0.2) is 0 Å². The number of imide groups is 1. The minimum absolute atomic E-state index is 0.206. The number of carbonyl (C=O) groups excluding carboxylic acids is 3. The number of likely N-dealkylation sites (tertiary alicyclic amines) is 1. The van der Waals surface area contributed by atoms with Crippen LogP contribution in [0.1, 0.15) is 78.5 Å². The maximum atomic E-state index is 12.7. The normalized spacial score (nSPS) is 24.7. The molecule has 5 nitrogen and oxygen atoms in total. The minimum atomic E-state index is -0.206. The van der Waals surface area contributed by atoms with Crippen molar-refractivity contribution in [1.82, 2.24) is 9.80 Å². The van der Waals surface area contributed by atoms with Crippen LogP contribution in [0.25, 0.3) is 0 Å². The Balaban J connectivity index is 1.26. The predicted octanol–water partition coefficient (Wildman–Crippen LogP) is 3.63. The zero-order valence-electron chi connectivity index (χ0n) is 15.9. The van der Waals surface area contributed by atoms with Crippen molar-refractivity contribution in [2.75, 3.05) is 13.1 Å². The maximum absolute atomic E-state index is 12.7. The summed E-state index contributed by atoms with van der Waals surface area (Å²) in [6.45, 7) is 1.30. The van der Waals surface area contributed by atoms with Crippen molar-refractivity contribution >= 4 is 17.7 Å². The van der Waals surface area contributed by atoms with Crippen LogP contribution in [0.5, 0.6) is 0 Å². The Bertz CT molecular complexity index is 708. The highest BCUT2D eigenvalue weighted by atomic mass is 16.2. The zero-order valence-corrected chi connectivity index (χ0v) is 15.9. The Hall–Kier alpha value is -2.17. The van der Waals surface area contributed by atoms with Crippen LogP contribution in [0.3, 0.4) is 0 Å². The summed E-state index contributed by atoms with van der Waals surface area (Å²) in [6, 6.07) is 7.43. The third-order valence-electron chi connectivity index (χ3n) is 6.46. The topological polar surface area (TPSA) is 57.7 Å². The number of rotatable bonds is 5. The van der Waals surface area contributed by atoms with E-state index in [-0.39, 0.29) is 17.7 Å². The monoisotopic (exact) mass is 368 g/mol. The maximum Gasteiger partial charge on any atom is 0.261 e. The van der Waals surface area contributed by atoms with E-state index in [4.69, 9.17) is 0 Å². The molecule has 1 aromatic carbocycles. The second kappa shape index (κ2) is 7.83. The Kier molecular flexibility index (Phi) is 5.28. The van der Waals surface area contributed by atoms with E-state index >= 15 is 0 Å². The van der Waals surface area contributed by atoms with Crippen LogP contribution < -0.4 is 0 Å². The fourth-order valence-corrected chi connectivity index (χ4v) is 5.07. The molecule has 2 atom stereocenters. The summed E-state index contributed by atoms with van der Waals surface area (Å²) in [5.41, 5.74) is 0.991. The Labute approximate surface area is 160 Å². The number of amides is 3. The number of nitrogens with zero attached hydrogens (tertiary/aromatic N) is 2. The van der Waals surface area contributed by atoms with Crippen LogP contribution in [-0.2, 0) is 4.79 Å². The average molecular weight is 368 g/mol. The van der Waals surface area contributed by atoms with Gasteiger partial charge < -0.3 is 4.90 Å². The number of benzene rings is 1. The molecule has 4 rings (SSSR count). The molecule has 0 radical (unpaired) electrons. The van der Waals surface area contributed by atoms with Crippen molar-refractivity contribution in [2.24, 2.45) is 5.92 Å². The summed E-state index contributed by atoms with van der Waals surface area (Å²) in [4.78, 5) is 40.9. The number of fused-ring (bicyclic) bond motifs is 2. The number of hydrogen-bond donors (Lipinski definition) is 0. The van der Waals surface area contributed by atoms with Crippen LogP contribution in [0.2, 0.25) is 0 Å². The highest BCUT2D eigenvalue weighted by molar-refractivity contribution is 6.21. The Morgan fingerprint density at radius 1 is 0.926 bits per heavy atom. The molecule has 3 amide bonds. The molecule has 1 aliphatic carbocycles. The fourth-order valence-electron chi connectivity index (χ4n) is 5.07. The first-order chi connectivity index (χ1) is 13.2. The van der Waals surface area contributed by atoms with Crippen molar-refractivity contribution in [3.8, 4) is 0 Å². The second-order valence-corrected chi connectivity index (χ2v) is 8.11. The summed E-state index contributed by atoms with van der Waals surface area (Å²) in [5.74, 6) is 0.551. The first kappa shape index (κ1) is 18.2. The molecular formula is C22H28N2O3. The Morgan fingerprint density at radius 3 is 2.33 bits per heavy atom. The molecule has 3 aliphatic rings. The quantitative estimate of drug-likeness (QED) is 0.589. The summed E-state index contributed by atoms with van der Waals surface area (Å²) >= 11 is 0. The Morgan fingerprint density at radius 2 is 1.59 bits per heavy atom. The standard InChI is InChI=1S/C22H28N2O3/c25-20(23-15-7-9-16-8-1-4-12-19(16)23)13-5-6-14-24-21(26)17-10-2-3-11-18(17)22(24)27/h2-3,10-11,16,19H,1,4-9,12-15H2. The molecule has 144 valence electrons. The van der Waals surface area contributed by atoms with Gasteiger partial charge in [-0.3, -0.25) is 19.3 Å². The highest BCUT2D eigenvalue weighted by Gasteiger charge is 2.36. The summed E-state index contributed by atoms with van der Waals surface area (Å²) < 4.78 is 0. The van der Waals surface area contributed by atoms with Gasteiger partial charge in [-0.15, -0.1) is 0 Å². The van der Waals surface area contributed by atoms with E-state index in [0.717, 1.165) is 25.8 Å². The van der Waals surface area contributed by atoms with Crippen LogP contribution in [0.15, 0.2) is 24.3 Å². The van der Waals surface area contributed by atoms with Crippen molar-refractivity contribution in [1.29, 1.82) is 0 Å². The molecule has 2 aliphatic heterocycles. The van der Waals surface area contributed by atoms with Crippen LogP contribution >= 0.6 is 0 Å². The molecule has 1 saturated carbocycles. The third-order valence-corrected chi connectivity index (χ3v) is 6.46. The van der Waals surface area contributed by atoms with Gasteiger partial charge in [-0.05, 0) is 56.6 Å². The van der Waals surface area contributed by atoms with Gasteiger partial charge in [0.1, 0.15) is 0 Å². The molecule has 2 unspecified atom stereocenters. The van der Waals surface area contributed by atoms with E-state index in [1.54, 1.807) is 24.3 Å². The van der Waals surface area contributed by atoms with Crippen LogP contribution in [0.4, 0.5) is 0 Å². The van der Waals surface area contributed by atoms with E-state index in [9.17, 15) is 14.4 Å². The lowest BCUT2D eigenvalue weighted by molar-refractivity contribution is -0.137. The summed E-state index contributed by atoms with van der Waals surface area (Å²) in [5, 5.41) is 0. The lowest BCUT2D eigenvalue weighted by Gasteiger charge is -2.44. The van der Waals surface area contributed by atoms with Gasteiger partial charge in [-0.1, -0.05) is 25.0 Å². The molecule has 0 N–H and O–H groups in total. The number of unbranched alkanes of at least 4 members (excludes halogenated alkanes) is 1. The van der Waals surface area contributed by atoms with E-state index in [1.165, 1.54) is 30.6 Å². The third kappa shape index (κ3) is 3.52. The molecule has 0 aromatic heterocycles. The summed E-state index contributed by atoms with van der Waals surface area (Å²) in [7, 11) is 0. The largest absolute Gasteiger partial charge is 0.339 e. The number of piperidine rings is 1. The smallest absolute Gasteiger partial charge is 0.261 e. The molecule has 0 bridgehead atoms. The SMILES string of the molecule is O=C1c2ccccc2C(=O)N1CCCCC(=O)N1CCCC2CCCCC21. The van der Waals surface area contributed by atoms with Crippen LogP contribution in [0, 0.1) is 5.92 Å². The van der Waals surface area contributed by atoms with E-state index in [0.29, 0.717) is 42.5 Å². The molecule has 0 spiro atoms. The van der Waals surface area contributed by atoms with Gasteiger partial charge in [0.05, 0.1) is 11.1 Å². The van der Waals surface area contributed by atoms with Crippen molar-refractivity contribution in [2.45, 2.75) is 63.8 Å². The molecule has 2 fully saturated rings. The van der Waals surface area contributed by atoms with Gasteiger partial charge in [-0.2, -0.15) is 0 Å². The van der Waals surface area contributed by atoms with Crippen LogP contribution in [-0.4, -0.2) is 46.7 Å². The second-order valence-electron chi connectivity index (χ2n) is 8.11. The van der Waals surface area contributed by atoms with Gasteiger partial charge in [0.25, 0.3) is 11.8 Å². The molecule has 1 saturated heterocycles. The number of carbonyl (C=O) groups is 3. The zero-order chi connectivity index (χ0) is 18.8. The summed E-state index contributed by atoms with van der Waals surface area (Å²) in [6.07, 6.45) is 9.30. The molecular weight excluding hydrogens is 340 g/mol. The van der Waals surface area contributed by atoms with Gasteiger partial charge in [0, 0.05) is 25.6 Å². The predicted molar refractivity (Wildman–Crippen MR) is 102 cm³/mol. The van der Waals surface area contributed by atoms with Gasteiger partial charge in [-0.25, -0.2) is 0 Å². The fraction of sp³-hybridized carbons (Fsp3) is 0.591. The minimum Gasteiger partial charge on any atom is -0.339 e.